The van der Waals surface area contributed by atoms with E-state index in [0.29, 0.717) is 20.3 Å². The molecule has 3 aromatic rings. The van der Waals surface area contributed by atoms with Crippen molar-refractivity contribution in [1.82, 2.24) is 0 Å². The molecule has 0 saturated heterocycles. The van der Waals surface area contributed by atoms with E-state index in [0.717, 1.165) is 11.1 Å². The van der Waals surface area contributed by atoms with E-state index in [9.17, 15) is 15.0 Å². The molecule has 0 aliphatic heterocycles. The molecule has 0 spiro atoms. The Labute approximate surface area is 180 Å². The summed E-state index contributed by atoms with van der Waals surface area (Å²) in [5.74, 6) is 0.161. The molecule has 0 atom stereocenters. The largest absolute Gasteiger partial charge is 0.508 e. The summed E-state index contributed by atoms with van der Waals surface area (Å²) in [6.45, 7) is 4.18. The second kappa shape index (κ2) is 7.97. The first-order chi connectivity index (χ1) is 13.2. The minimum absolute atomic E-state index is 0.0253. The van der Waals surface area contributed by atoms with Crippen molar-refractivity contribution in [2.24, 2.45) is 0 Å². The van der Waals surface area contributed by atoms with Crippen molar-refractivity contribution in [3.63, 3.8) is 0 Å². The van der Waals surface area contributed by atoms with Crippen molar-refractivity contribution >= 4 is 37.8 Å². The summed E-state index contributed by atoms with van der Waals surface area (Å²) in [5, 5.41) is 19.2. The Kier molecular flexibility index (Phi) is 5.82. The Bertz CT molecular complexity index is 987. The molecule has 2 N–H and O–H groups in total. The topological polar surface area (TPSA) is 66.8 Å². The second-order valence-corrected chi connectivity index (χ2v) is 8.58. The van der Waals surface area contributed by atoms with E-state index < -0.39 is 5.97 Å². The highest BCUT2D eigenvalue weighted by atomic mass is 79.9. The van der Waals surface area contributed by atoms with Crippen molar-refractivity contribution in [2.75, 3.05) is 0 Å². The van der Waals surface area contributed by atoms with Crippen LogP contribution in [0, 0.1) is 0 Å². The first-order valence-corrected chi connectivity index (χ1v) is 10.1. The number of esters is 1. The number of ether oxygens (including phenoxy) is 1. The van der Waals surface area contributed by atoms with Crippen LogP contribution in [0.5, 0.6) is 17.2 Å². The molecule has 0 bridgehead atoms. The molecule has 28 heavy (non-hydrogen) atoms. The van der Waals surface area contributed by atoms with Crippen molar-refractivity contribution in [2.45, 2.75) is 19.3 Å². The lowest BCUT2D eigenvalue weighted by atomic mass is 9.78. The van der Waals surface area contributed by atoms with Crippen LogP contribution in [-0.4, -0.2) is 16.2 Å². The number of aromatic hydroxyl groups is 2. The molecule has 144 valence electrons. The molecular formula is C22H18Br2O4. The van der Waals surface area contributed by atoms with E-state index in [4.69, 9.17) is 4.74 Å². The number of phenols is 2. The third-order valence-electron chi connectivity index (χ3n) is 4.63. The summed E-state index contributed by atoms with van der Waals surface area (Å²) in [4.78, 5) is 12.4. The van der Waals surface area contributed by atoms with Gasteiger partial charge in [0.25, 0.3) is 0 Å². The summed E-state index contributed by atoms with van der Waals surface area (Å²) in [7, 11) is 0. The zero-order valence-corrected chi connectivity index (χ0v) is 18.4. The normalized spacial score (nSPS) is 11.3. The molecule has 0 saturated carbocycles. The SMILES string of the molecule is CC(C)(c1ccc(O)cc1)c1ccc(OC(=O)c2cc(Br)c(O)c(Br)c2)cc1. The van der Waals surface area contributed by atoms with Gasteiger partial charge in [-0.05, 0) is 79.4 Å². The molecule has 6 heteroatoms. The van der Waals surface area contributed by atoms with Gasteiger partial charge in [0.2, 0.25) is 0 Å². The third-order valence-corrected chi connectivity index (χ3v) is 5.84. The van der Waals surface area contributed by atoms with Crippen molar-refractivity contribution < 1.29 is 19.7 Å². The first kappa shape index (κ1) is 20.4. The standard InChI is InChI=1S/C22H18Br2O4/c1-22(2,14-3-7-16(25)8-4-14)15-5-9-17(10-6-15)28-21(27)13-11-18(23)20(26)19(24)12-13/h3-12,25-26H,1-2H3. The van der Waals surface area contributed by atoms with Crippen LogP contribution in [0.15, 0.2) is 69.6 Å². The number of hydrogen-bond donors (Lipinski definition) is 2. The molecule has 0 heterocycles. The maximum atomic E-state index is 12.4. The van der Waals surface area contributed by atoms with Crippen LogP contribution < -0.4 is 4.74 Å². The molecular weight excluding hydrogens is 488 g/mol. The smallest absolute Gasteiger partial charge is 0.343 e. The Morgan fingerprint density at radius 1 is 0.857 bits per heavy atom. The van der Waals surface area contributed by atoms with E-state index in [1.807, 2.05) is 24.3 Å². The summed E-state index contributed by atoms with van der Waals surface area (Å²) in [5.41, 5.74) is 2.15. The highest BCUT2D eigenvalue weighted by molar-refractivity contribution is 9.11. The monoisotopic (exact) mass is 504 g/mol. The van der Waals surface area contributed by atoms with Gasteiger partial charge >= 0.3 is 5.97 Å². The lowest BCUT2D eigenvalue weighted by Gasteiger charge is -2.26. The van der Waals surface area contributed by atoms with Crippen LogP contribution in [0.3, 0.4) is 0 Å². The van der Waals surface area contributed by atoms with Crippen LogP contribution in [0.4, 0.5) is 0 Å². The number of halogens is 2. The Hall–Kier alpha value is -2.31. The zero-order chi connectivity index (χ0) is 20.5. The third kappa shape index (κ3) is 4.23. The van der Waals surface area contributed by atoms with E-state index in [2.05, 4.69) is 45.7 Å². The summed E-state index contributed by atoms with van der Waals surface area (Å²) >= 11 is 6.41. The Balaban J connectivity index is 1.79. The quantitative estimate of drug-likeness (QED) is 0.328. The molecule has 0 fully saturated rings. The van der Waals surface area contributed by atoms with Crippen molar-refractivity contribution in [3.8, 4) is 17.2 Å². The molecule has 0 amide bonds. The fraction of sp³-hybridized carbons (Fsp3) is 0.136. The van der Waals surface area contributed by atoms with Gasteiger partial charge in [0.15, 0.2) is 0 Å². The number of hydrogen-bond acceptors (Lipinski definition) is 4. The molecule has 0 aromatic heterocycles. The molecule has 3 rings (SSSR count). The Morgan fingerprint density at radius 3 is 1.82 bits per heavy atom. The molecule has 0 aliphatic rings. The summed E-state index contributed by atoms with van der Waals surface area (Å²) in [6, 6.07) is 17.5. The summed E-state index contributed by atoms with van der Waals surface area (Å²) in [6.07, 6.45) is 0. The lowest BCUT2D eigenvalue weighted by molar-refractivity contribution is 0.0734. The van der Waals surface area contributed by atoms with Crippen LogP contribution >= 0.6 is 31.9 Å². The average Bonchev–Trinajstić information content (AvgIpc) is 2.66. The van der Waals surface area contributed by atoms with Crippen LogP contribution in [-0.2, 0) is 5.41 Å². The molecule has 0 unspecified atom stereocenters. The van der Waals surface area contributed by atoms with E-state index in [1.165, 1.54) is 12.1 Å². The van der Waals surface area contributed by atoms with Gasteiger partial charge in [0.1, 0.15) is 17.2 Å². The number of phenolic OH excluding ortho intramolecular Hbond substituents is 2. The number of carbonyl (C=O) groups is 1. The number of benzene rings is 3. The van der Waals surface area contributed by atoms with E-state index in [-0.39, 0.29) is 16.9 Å². The molecule has 0 radical (unpaired) electrons. The highest BCUT2D eigenvalue weighted by Gasteiger charge is 2.23. The van der Waals surface area contributed by atoms with Crippen LogP contribution in [0.2, 0.25) is 0 Å². The zero-order valence-electron chi connectivity index (χ0n) is 15.2. The minimum Gasteiger partial charge on any atom is -0.508 e. The fourth-order valence-electron chi connectivity index (χ4n) is 2.83. The van der Waals surface area contributed by atoms with Gasteiger partial charge in [-0.3, -0.25) is 0 Å². The molecule has 3 aromatic carbocycles. The fourth-order valence-corrected chi connectivity index (χ4v) is 4.02. The van der Waals surface area contributed by atoms with Gasteiger partial charge in [-0.15, -0.1) is 0 Å². The second-order valence-electron chi connectivity index (χ2n) is 6.87. The van der Waals surface area contributed by atoms with Crippen LogP contribution in [0.1, 0.15) is 35.3 Å². The van der Waals surface area contributed by atoms with Gasteiger partial charge in [-0.1, -0.05) is 38.1 Å². The van der Waals surface area contributed by atoms with Crippen LogP contribution in [0.25, 0.3) is 0 Å². The number of rotatable bonds is 4. The maximum absolute atomic E-state index is 12.4. The van der Waals surface area contributed by atoms with E-state index >= 15 is 0 Å². The van der Waals surface area contributed by atoms with Crippen molar-refractivity contribution in [3.05, 3.63) is 86.3 Å². The number of carbonyl (C=O) groups excluding carboxylic acids is 1. The molecule has 4 nitrogen and oxygen atoms in total. The maximum Gasteiger partial charge on any atom is 0.343 e. The van der Waals surface area contributed by atoms with Gasteiger partial charge in [0.05, 0.1) is 14.5 Å². The highest BCUT2D eigenvalue weighted by Crippen LogP contribution is 2.35. The van der Waals surface area contributed by atoms with Gasteiger partial charge < -0.3 is 14.9 Å². The van der Waals surface area contributed by atoms with Gasteiger partial charge in [-0.2, -0.15) is 0 Å². The predicted octanol–water partition coefficient (Wildman–Crippen LogP) is 6.17. The average molecular weight is 506 g/mol. The minimum atomic E-state index is -0.521. The Morgan fingerprint density at radius 2 is 1.32 bits per heavy atom. The predicted molar refractivity (Wildman–Crippen MR) is 115 cm³/mol. The summed E-state index contributed by atoms with van der Waals surface area (Å²) < 4.78 is 6.25. The van der Waals surface area contributed by atoms with Crippen molar-refractivity contribution in [1.29, 1.82) is 0 Å². The van der Waals surface area contributed by atoms with E-state index in [1.54, 1.807) is 24.3 Å². The van der Waals surface area contributed by atoms with Gasteiger partial charge in [-0.25, -0.2) is 4.79 Å². The first-order valence-electron chi connectivity index (χ1n) is 8.48. The van der Waals surface area contributed by atoms with Gasteiger partial charge in [0, 0.05) is 5.41 Å². The molecule has 0 aliphatic carbocycles. The lowest BCUT2D eigenvalue weighted by Crippen LogP contribution is -2.18.